The first-order valence-electron chi connectivity index (χ1n) is 9.22. The average Bonchev–Trinajstić information content (AvgIpc) is 2.72. The summed E-state index contributed by atoms with van der Waals surface area (Å²) in [6.07, 6.45) is 3.71. The Morgan fingerprint density at radius 1 is 0.867 bits per heavy atom. The molecule has 5 N–H and O–H groups in total. The van der Waals surface area contributed by atoms with Crippen molar-refractivity contribution in [1.29, 1.82) is 0 Å². The molecule has 156 valence electrons. The largest absolute Gasteiger partial charge is 0.629 e. The predicted molar refractivity (Wildman–Crippen MR) is 114 cm³/mol. The standard InChI is InChI=1S/C23H23NO6/c1-24(29)18-7-10-21(27)23(28)17(18)13-16-11-14(5-8-19(16)25)3-4-15-6-9-20(26)22(12-15)30-2/h3-12,24-28H,13H2,1-2H3/b4-3+. The summed E-state index contributed by atoms with van der Waals surface area (Å²) < 4.78 is 5.10. The van der Waals surface area contributed by atoms with Gasteiger partial charge in [-0.25, -0.2) is 0 Å². The number of phenolic OH excluding ortho intramolecular Hbond substituents is 4. The summed E-state index contributed by atoms with van der Waals surface area (Å²) >= 11 is 0. The minimum Gasteiger partial charge on any atom is -0.629 e. The lowest BCUT2D eigenvalue weighted by atomic mass is 9.98. The summed E-state index contributed by atoms with van der Waals surface area (Å²) in [5, 5.41) is 51.7. The Hall–Kier alpha value is -3.68. The Balaban J connectivity index is 1.93. The lowest BCUT2D eigenvalue weighted by molar-refractivity contribution is -0.751. The van der Waals surface area contributed by atoms with Crippen LogP contribution in [0.15, 0.2) is 48.5 Å². The van der Waals surface area contributed by atoms with Crippen molar-refractivity contribution in [3.05, 3.63) is 76.0 Å². The number of ether oxygens (including phenoxy) is 1. The molecule has 0 spiro atoms. The highest BCUT2D eigenvalue weighted by atomic mass is 16.5. The highest BCUT2D eigenvalue weighted by Crippen LogP contribution is 2.36. The number of methoxy groups -OCH3 is 1. The highest BCUT2D eigenvalue weighted by Gasteiger charge is 2.18. The monoisotopic (exact) mass is 409 g/mol. The van der Waals surface area contributed by atoms with Gasteiger partial charge >= 0.3 is 0 Å². The molecule has 3 aromatic carbocycles. The van der Waals surface area contributed by atoms with Gasteiger partial charge in [-0.2, -0.15) is 0 Å². The fourth-order valence-corrected chi connectivity index (χ4v) is 3.16. The van der Waals surface area contributed by atoms with Crippen molar-refractivity contribution in [3.63, 3.8) is 0 Å². The van der Waals surface area contributed by atoms with E-state index in [-0.39, 0.29) is 45.7 Å². The van der Waals surface area contributed by atoms with Crippen LogP contribution in [-0.2, 0) is 6.42 Å². The summed E-state index contributed by atoms with van der Waals surface area (Å²) in [5.41, 5.74) is 2.61. The van der Waals surface area contributed by atoms with Crippen molar-refractivity contribution >= 4 is 17.8 Å². The van der Waals surface area contributed by atoms with E-state index in [1.54, 1.807) is 24.3 Å². The number of hydroxylamine groups is 1. The molecule has 0 saturated heterocycles. The first-order chi connectivity index (χ1) is 14.3. The minimum atomic E-state index is -0.376. The number of phenols is 4. The number of nitrogens with one attached hydrogen (secondary N) is 1. The molecule has 3 rings (SSSR count). The smallest absolute Gasteiger partial charge is 0.167 e. The third-order valence-corrected chi connectivity index (χ3v) is 4.78. The Bertz CT molecular complexity index is 1090. The number of rotatable bonds is 6. The summed E-state index contributed by atoms with van der Waals surface area (Å²) in [4.78, 5) is 0. The van der Waals surface area contributed by atoms with Gasteiger partial charge in [-0.05, 0) is 47.0 Å². The molecule has 1 unspecified atom stereocenters. The van der Waals surface area contributed by atoms with Crippen LogP contribution in [0.4, 0.5) is 5.69 Å². The molecular weight excluding hydrogens is 386 g/mol. The van der Waals surface area contributed by atoms with E-state index in [9.17, 15) is 25.6 Å². The molecule has 0 saturated carbocycles. The number of quaternary nitrogens is 1. The fraction of sp³-hybridized carbons (Fsp3) is 0.130. The van der Waals surface area contributed by atoms with Crippen LogP contribution in [-0.4, -0.2) is 34.6 Å². The zero-order valence-corrected chi connectivity index (χ0v) is 16.6. The Labute approximate surface area is 173 Å². The molecule has 0 heterocycles. The molecule has 7 nitrogen and oxygen atoms in total. The van der Waals surface area contributed by atoms with Gasteiger partial charge in [-0.3, -0.25) is 0 Å². The minimum absolute atomic E-state index is 0.00991. The molecular formula is C23H23NO6. The molecule has 0 aromatic heterocycles. The maximum absolute atomic E-state index is 11.9. The maximum Gasteiger partial charge on any atom is 0.167 e. The second kappa shape index (κ2) is 8.77. The second-order valence-corrected chi connectivity index (χ2v) is 6.85. The number of hydrogen-bond donors (Lipinski definition) is 5. The molecule has 0 bridgehead atoms. The third-order valence-electron chi connectivity index (χ3n) is 4.78. The van der Waals surface area contributed by atoms with Crippen LogP contribution in [0.1, 0.15) is 22.3 Å². The van der Waals surface area contributed by atoms with Gasteiger partial charge in [0.05, 0.1) is 19.7 Å². The molecule has 7 heteroatoms. The van der Waals surface area contributed by atoms with E-state index in [1.165, 1.54) is 38.4 Å². The second-order valence-electron chi connectivity index (χ2n) is 6.85. The third kappa shape index (κ3) is 4.48. The fourth-order valence-electron chi connectivity index (χ4n) is 3.16. The summed E-state index contributed by atoms with van der Waals surface area (Å²) in [6.45, 7) is 0. The van der Waals surface area contributed by atoms with E-state index in [1.807, 2.05) is 12.2 Å². The summed E-state index contributed by atoms with van der Waals surface area (Å²) in [5.74, 6) is -0.282. The van der Waals surface area contributed by atoms with E-state index in [0.717, 1.165) is 11.1 Å². The first-order valence-corrected chi connectivity index (χ1v) is 9.22. The van der Waals surface area contributed by atoms with Crippen LogP contribution < -0.4 is 9.80 Å². The molecule has 0 aliphatic rings. The highest BCUT2D eigenvalue weighted by molar-refractivity contribution is 5.72. The molecule has 1 atom stereocenters. The topological polar surface area (TPSA) is 118 Å². The van der Waals surface area contributed by atoms with Crippen molar-refractivity contribution in [2.24, 2.45) is 0 Å². The Morgan fingerprint density at radius 3 is 2.10 bits per heavy atom. The number of hydrogen-bond acceptors (Lipinski definition) is 6. The molecule has 0 aliphatic carbocycles. The zero-order valence-electron chi connectivity index (χ0n) is 16.6. The van der Waals surface area contributed by atoms with Crippen molar-refractivity contribution < 1.29 is 30.2 Å². The normalized spacial score (nSPS) is 12.2. The molecule has 3 aromatic rings. The quantitative estimate of drug-likeness (QED) is 0.185. The van der Waals surface area contributed by atoms with Gasteiger partial charge in [-0.15, -0.1) is 0 Å². The van der Waals surface area contributed by atoms with Gasteiger partial charge in [0.1, 0.15) is 11.4 Å². The van der Waals surface area contributed by atoms with Crippen LogP contribution >= 0.6 is 0 Å². The van der Waals surface area contributed by atoms with E-state index in [2.05, 4.69) is 0 Å². The summed E-state index contributed by atoms with van der Waals surface area (Å²) in [7, 11) is 2.85. The van der Waals surface area contributed by atoms with E-state index in [4.69, 9.17) is 4.74 Å². The van der Waals surface area contributed by atoms with Gasteiger partial charge in [0.25, 0.3) is 0 Å². The maximum atomic E-state index is 11.9. The van der Waals surface area contributed by atoms with E-state index >= 15 is 0 Å². The molecule has 0 amide bonds. The van der Waals surface area contributed by atoms with Crippen LogP contribution in [0.5, 0.6) is 28.7 Å². The van der Waals surface area contributed by atoms with Crippen molar-refractivity contribution in [2.45, 2.75) is 6.42 Å². The average molecular weight is 409 g/mol. The molecule has 30 heavy (non-hydrogen) atoms. The van der Waals surface area contributed by atoms with Crippen LogP contribution in [0.25, 0.3) is 12.2 Å². The summed E-state index contributed by atoms with van der Waals surface area (Å²) in [6, 6.07) is 12.7. The zero-order chi connectivity index (χ0) is 21.8. The van der Waals surface area contributed by atoms with Crippen LogP contribution in [0.2, 0.25) is 0 Å². The van der Waals surface area contributed by atoms with Crippen molar-refractivity contribution in [3.8, 4) is 28.7 Å². The van der Waals surface area contributed by atoms with Gasteiger partial charge in [0, 0.05) is 12.5 Å². The molecule has 0 fully saturated rings. The first kappa shape index (κ1) is 21.0. The Morgan fingerprint density at radius 2 is 1.47 bits per heavy atom. The van der Waals surface area contributed by atoms with Crippen LogP contribution in [0.3, 0.4) is 0 Å². The SMILES string of the molecule is COc1cc(/C=C/c2ccc(O)c(Cc3c([NH+](C)[O-])ccc(O)c3O)c2)ccc1O. The van der Waals surface area contributed by atoms with E-state index < -0.39 is 0 Å². The molecule has 0 radical (unpaired) electrons. The molecule has 0 aliphatic heterocycles. The van der Waals surface area contributed by atoms with Gasteiger partial charge in [0.15, 0.2) is 23.0 Å². The lowest BCUT2D eigenvalue weighted by Crippen LogP contribution is -2.98. The number of aromatic hydroxyl groups is 4. The Kier molecular flexibility index (Phi) is 6.15. The van der Waals surface area contributed by atoms with Gasteiger partial charge < -0.3 is 35.4 Å². The van der Waals surface area contributed by atoms with Crippen LogP contribution in [0, 0.1) is 5.21 Å². The van der Waals surface area contributed by atoms with Crippen molar-refractivity contribution in [2.75, 3.05) is 14.2 Å². The predicted octanol–water partition coefficient (Wildman–Crippen LogP) is 2.92. The lowest BCUT2D eigenvalue weighted by Gasteiger charge is -2.20. The number of benzene rings is 3. The van der Waals surface area contributed by atoms with Gasteiger partial charge in [0.2, 0.25) is 0 Å². The van der Waals surface area contributed by atoms with E-state index in [0.29, 0.717) is 11.3 Å². The van der Waals surface area contributed by atoms with Crippen molar-refractivity contribution in [1.82, 2.24) is 0 Å². The van der Waals surface area contributed by atoms with Gasteiger partial charge in [-0.1, -0.05) is 24.3 Å².